The number of halogens is 3. The number of rotatable bonds is 2. The van der Waals surface area contributed by atoms with Gasteiger partial charge in [-0.25, -0.2) is 5.01 Å². The molecule has 2 heterocycles. The average Bonchev–Trinajstić information content (AvgIpc) is 3.14. The molecule has 0 aliphatic carbocycles. The topological polar surface area (TPSA) is 24.8 Å². The first-order chi connectivity index (χ1) is 13.6. The lowest BCUT2D eigenvalue weighted by Crippen LogP contribution is -2.33. The van der Waals surface area contributed by atoms with Crippen molar-refractivity contribution >= 4 is 49.2 Å². The van der Waals surface area contributed by atoms with Gasteiger partial charge in [0.1, 0.15) is 5.75 Å². The minimum Gasteiger partial charge on any atom is -0.464 e. The van der Waals surface area contributed by atoms with E-state index in [0.29, 0.717) is 0 Å². The van der Waals surface area contributed by atoms with Crippen molar-refractivity contribution in [2.24, 2.45) is 5.10 Å². The SMILES string of the molecule is Clc1ccc(C2=NN3[C@@H](c4ccc(Br)cc4)Oc4ccc(Br)cc4[C@@H]3C2)cc1. The highest BCUT2D eigenvalue weighted by molar-refractivity contribution is 9.10. The molecule has 140 valence electrons. The van der Waals surface area contributed by atoms with Crippen molar-refractivity contribution in [3.05, 3.63) is 97.4 Å². The van der Waals surface area contributed by atoms with Crippen molar-refractivity contribution < 1.29 is 4.74 Å². The largest absolute Gasteiger partial charge is 0.464 e. The van der Waals surface area contributed by atoms with Gasteiger partial charge < -0.3 is 4.74 Å². The van der Waals surface area contributed by atoms with E-state index < -0.39 is 0 Å². The summed E-state index contributed by atoms with van der Waals surface area (Å²) in [6.07, 6.45) is 0.554. The Hall–Kier alpha value is -1.82. The molecule has 0 spiro atoms. The Bertz CT molecular complexity index is 1070. The van der Waals surface area contributed by atoms with E-state index in [1.165, 1.54) is 0 Å². The fraction of sp³-hybridized carbons (Fsp3) is 0.136. The number of hydrogen-bond acceptors (Lipinski definition) is 3. The molecule has 0 fully saturated rings. The van der Waals surface area contributed by atoms with Gasteiger partial charge in [0.25, 0.3) is 0 Å². The zero-order valence-corrected chi connectivity index (χ0v) is 18.6. The van der Waals surface area contributed by atoms with Crippen LogP contribution < -0.4 is 4.74 Å². The minimum atomic E-state index is -0.267. The second-order valence-corrected chi connectivity index (χ2v) is 9.13. The van der Waals surface area contributed by atoms with Gasteiger partial charge in [-0.3, -0.25) is 0 Å². The van der Waals surface area contributed by atoms with Crippen molar-refractivity contribution in [3.8, 4) is 5.75 Å². The van der Waals surface area contributed by atoms with Crippen molar-refractivity contribution in [3.63, 3.8) is 0 Å². The number of ether oxygens (including phenoxy) is 1. The Morgan fingerprint density at radius 3 is 2.39 bits per heavy atom. The monoisotopic (exact) mass is 516 g/mol. The van der Waals surface area contributed by atoms with Crippen LogP contribution in [0.5, 0.6) is 5.75 Å². The highest BCUT2D eigenvalue weighted by Crippen LogP contribution is 2.48. The van der Waals surface area contributed by atoms with E-state index in [1.807, 2.05) is 48.5 Å². The predicted molar refractivity (Wildman–Crippen MR) is 119 cm³/mol. The van der Waals surface area contributed by atoms with Gasteiger partial charge in [0, 0.05) is 31.5 Å². The molecule has 3 aromatic rings. The summed E-state index contributed by atoms with van der Waals surface area (Å²) in [5, 5.41) is 7.79. The molecule has 0 amide bonds. The van der Waals surface area contributed by atoms with E-state index >= 15 is 0 Å². The highest BCUT2D eigenvalue weighted by atomic mass is 79.9. The molecular formula is C22H15Br2ClN2O. The lowest BCUT2D eigenvalue weighted by atomic mass is 9.96. The van der Waals surface area contributed by atoms with Gasteiger partial charge in [-0.05, 0) is 48.0 Å². The van der Waals surface area contributed by atoms with Gasteiger partial charge in [0.15, 0.2) is 0 Å². The summed E-state index contributed by atoms with van der Waals surface area (Å²) in [6, 6.07) is 22.4. The molecule has 2 aliphatic heterocycles. The van der Waals surface area contributed by atoms with Gasteiger partial charge in [0.05, 0.1) is 11.8 Å². The lowest BCUT2D eigenvalue weighted by molar-refractivity contribution is -0.0190. The molecule has 2 aliphatic rings. The molecule has 0 bridgehead atoms. The Morgan fingerprint density at radius 1 is 0.929 bits per heavy atom. The number of nitrogens with zero attached hydrogens (tertiary/aromatic N) is 2. The molecule has 3 nitrogen and oxygen atoms in total. The number of hydrogen-bond donors (Lipinski definition) is 0. The number of fused-ring (bicyclic) bond motifs is 3. The van der Waals surface area contributed by atoms with Crippen LogP contribution in [0.1, 0.15) is 35.4 Å². The van der Waals surface area contributed by atoms with Gasteiger partial charge in [-0.1, -0.05) is 67.7 Å². The first-order valence-corrected chi connectivity index (χ1v) is 10.9. The van der Waals surface area contributed by atoms with Crippen LogP contribution in [-0.4, -0.2) is 10.7 Å². The number of benzene rings is 3. The molecule has 28 heavy (non-hydrogen) atoms. The zero-order valence-electron chi connectivity index (χ0n) is 14.6. The van der Waals surface area contributed by atoms with E-state index in [2.05, 4.69) is 55.1 Å². The van der Waals surface area contributed by atoms with E-state index in [9.17, 15) is 0 Å². The molecule has 2 atom stereocenters. The summed E-state index contributed by atoms with van der Waals surface area (Å²) in [7, 11) is 0. The van der Waals surface area contributed by atoms with E-state index in [0.717, 1.165) is 48.5 Å². The fourth-order valence-corrected chi connectivity index (χ4v) is 4.49. The van der Waals surface area contributed by atoms with Gasteiger partial charge in [-0.15, -0.1) is 0 Å². The van der Waals surface area contributed by atoms with E-state index in [1.54, 1.807) is 0 Å². The molecule has 0 saturated carbocycles. The van der Waals surface area contributed by atoms with Gasteiger partial charge in [-0.2, -0.15) is 5.10 Å². The van der Waals surface area contributed by atoms with E-state index in [4.69, 9.17) is 21.4 Å². The third-order valence-corrected chi connectivity index (χ3v) is 6.36. The molecule has 6 heteroatoms. The van der Waals surface area contributed by atoms with Gasteiger partial charge >= 0.3 is 0 Å². The van der Waals surface area contributed by atoms with Crippen LogP contribution in [0.3, 0.4) is 0 Å². The Morgan fingerprint density at radius 2 is 1.64 bits per heavy atom. The third-order valence-electron chi connectivity index (χ3n) is 5.08. The summed E-state index contributed by atoms with van der Waals surface area (Å²) in [4.78, 5) is 0. The highest BCUT2D eigenvalue weighted by Gasteiger charge is 2.41. The molecule has 0 saturated heterocycles. The quantitative estimate of drug-likeness (QED) is 0.361. The van der Waals surface area contributed by atoms with Crippen LogP contribution in [0, 0.1) is 0 Å². The molecule has 3 aromatic carbocycles. The van der Waals surface area contributed by atoms with Crippen LogP contribution in [0.2, 0.25) is 5.02 Å². The first kappa shape index (κ1) is 18.2. The van der Waals surface area contributed by atoms with Crippen molar-refractivity contribution in [1.82, 2.24) is 5.01 Å². The predicted octanol–water partition coefficient (Wildman–Crippen LogP) is 7.11. The Balaban J connectivity index is 1.59. The van der Waals surface area contributed by atoms with Crippen LogP contribution in [-0.2, 0) is 0 Å². The first-order valence-electron chi connectivity index (χ1n) is 8.92. The maximum atomic E-state index is 6.39. The van der Waals surface area contributed by atoms with Crippen molar-refractivity contribution in [2.45, 2.75) is 18.7 Å². The second-order valence-electron chi connectivity index (χ2n) is 6.86. The Labute approximate surface area is 185 Å². The van der Waals surface area contributed by atoms with Crippen LogP contribution in [0.4, 0.5) is 0 Å². The molecule has 0 N–H and O–H groups in total. The molecule has 5 rings (SSSR count). The molecule has 0 unspecified atom stereocenters. The maximum Gasteiger partial charge on any atom is 0.213 e. The summed E-state index contributed by atoms with van der Waals surface area (Å²) in [6.45, 7) is 0. The zero-order chi connectivity index (χ0) is 19.3. The standard InChI is InChI=1S/C22H15Br2ClN2O/c23-15-5-1-14(2-6-15)22-27-20(18-11-16(24)7-10-21(18)28-22)12-19(26-27)13-3-8-17(25)9-4-13/h1-11,20,22H,12H2/t20-,22+/m0/s1. The van der Waals surface area contributed by atoms with Crippen LogP contribution >= 0.6 is 43.5 Å². The molecular weight excluding hydrogens is 504 g/mol. The van der Waals surface area contributed by atoms with Crippen LogP contribution in [0.15, 0.2) is 80.8 Å². The summed E-state index contributed by atoms with van der Waals surface area (Å²) in [5.74, 6) is 0.907. The molecule has 0 radical (unpaired) electrons. The van der Waals surface area contributed by atoms with Crippen LogP contribution in [0.25, 0.3) is 0 Å². The normalized spacial score (nSPS) is 20.2. The molecule has 0 aromatic heterocycles. The summed E-state index contributed by atoms with van der Waals surface area (Å²) < 4.78 is 8.47. The smallest absolute Gasteiger partial charge is 0.213 e. The van der Waals surface area contributed by atoms with E-state index in [-0.39, 0.29) is 12.3 Å². The Kier molecular flexibility index (Phi) is 4.69. The average molecular weight is 519 g/mol. The summed E-state index contributed by atoms with van der Waals surface area (Å²) in [5.41, 5.74) is 4.35. The lowest BCUT2D eigenvalue weighted by Gasteiger charge is -2.38. The second kappa shape index (κ2) is 7.21. The fourth-order valence-electron chi connectivity index (χ4n) is 3.72. The summed E-state index contributed by atoms with van der Waals surface area (Å²) >= 11 is 13.2. The minimum absolute atomic E-state index is 0.126. The third kappa shape index (κ3) is 3.25. The van der Waals surface area contributed by atoms with Crippen molar-refractivity contribution in [1.29, 1.82) is 0 Å². The maximum absolute atomic E-state index is 6.39. The van der Waals surface area contributed by atoms with Crippen molar-refractivity contribution in [2.75, 3.05) is 0 Å². The van der Waals surface area contributed by atoms with Gasteiger partial charge in [0.2, 0.25) is 6.23 Å². The number of hydrazone groups is 1.